The van der Waals surface area contributed by atoms with E-state index in [1.165, 1.54) is 29.2 Å². The van der Waals surface area contributed by atoms with Crippen molar-refractivity contribution in [2.24, 2.45) is 0 Å². The van der Waals surface area contributed by atoms with Crippen molar-refractivity contribution in [3.05, 3.63) is 94.5 Å². The van der Waals surface area contributed by atoms with Crippen molar-refractivity contribution < 1.29 is 18.0 Å². The SMILES string of the molecule is CC[C@@H](C)NC(=O)[C@@H](CC)N(Cc1cccc(C)c1)C(=O)CN(c1ccc(C)cc1)S(=O)(=O)c1ccc(Cl)cc1. The zero-order chi connectivity index (χ0) is 29.4. The largest absolute Gasteiger partial charge is 0.352 e. The average molecular weight is 584 g/mol. The number of nitrogens with one attached hydrogen (secondary N) is 1. The molecule has 214 valence electrons. The minimum Gasteiger partial charge on any atom is -0.352 e. The molecule has 2 amide bonds. The van der Waals surface area contributed by atoms with Crippen LogP contribution in [-0.2, 0) is 26.2 Å². The van der Waals surface area contributed by atoms with E-state index in [1.54, 1.807) is 24.3 Å². The Bertz CT molecular complexity index is 1410. The summed E-state index contributed by atoms with van der Waals surface area (Å²) in [6.07, 6.45) is 1.11. The fourth-order valence-electron chi connectivity index (χ4n) is 4.34. The third kappa shape index (κ3) is 7.86. The van der Waals surface area contributed by atoms with Gasteiger partial charge in [0.25, 0.3) is 10.0 Å². The number of hydrogen-bond donors (Lipinski definition) is 1. The smallest absolute Gasteiger partial charge is 0.264 e. The number of rotatable bonds is 12. The van der Waals surface area contributed by atoms with Crippen molar-refractivity contribution in [3.8, 4) is 0 Å². The van der Waals surface area contributed by atoms with Crippen molar-refractivity contribution in [3.63, 3.8) is 0 Å². The Morgan fingerprint density at radius 3 is 2.12 bits per heavy atom. The Labute approximate surface area is 243 Å². The summed E-state index contributed by atoms with van der Waals surface area (Å²) in [6.45, 7) is 9.28. The predicted molar refractivity (Wildman–Crippen MR) is 161 cm³/mol. The Balaban J connectivity index is 2.05. The van der Waals surface area contributed by atoms with E-state index in [4.69, 9.17) is 11.6 Å². The molecule has 40 heavy (non-hydrogen) atoms. The van der Waals surface area contributed by atoms with Crippen LogP contribution in [-0.4, -0.2) is 43.8 Å². The number of benzene rings is 3. The summed E-state index contributed by atoms with van der Waals surface area (Å²) in [5.41, 5.74) is 3.17. The normalized spacial score (nSPS) is 12.8. The molecule has 0 bridgehead atoms. The molecule has 3 rings (SSSR count). The van der Waals surface area contributed by atoms with E-state index in [0.29, 0.717) is 17.1 Å². The van der Waals surface area contributed by atoms with Crippen LogP contribution in [0.5, 0.6) is 0 Å². The molecule has 9 heteroatoms. The standard InChI is InChI=1S/C31H38ClN3O4S/c1-6-24(5)33-31(37)29(7-2)34(20-25-10-8-9-23(4)19-25)30(36)21-35(27-15-11-22(3)12-16-27)40(38,39)28-17-13-26(32)14-18-28/h8-19,24,29H,6-7,20-21H2,1-5H3,(H,33,37)/t24-,29-/m1/s1. The first-order valence-corrected chi connectivity index (χ1v) is 15.3. The summed E-state index contributed by atoms with van der Waals surface area (Å²) in [5.74, 6) is -0.744. The van der Waals surface area contributed by atoms with Crippen LogP contribution in [0.15, 0.2) is 77.7 Å². The third-order valence-corrected chi connectivity index (χ3v) is 8.86. The number of carbonyl (C=O) groups excluding carboxylic acids is 2. The number of anilines is 1. The van der Waals surface area contributed by atoms with Gasteiger partial charge in [-0.05, 0) is 75.6 Å². The molecule has 0 saturated carbocycles. The fourth-order valence-corrected chi connectivity index (χ4v) is 5.88. The quantitative estimate of drug-likeness (QED) is 0.289. The molecule has 0 unspecified atom stereocenters. The van der Waals surface area contributed by atoms with Gasteiger partial charge < -0.3 is 10.2 Å². The molecule has 0 radical (unpaired) electrons. The summed E-state index contributed by atoms with van der Waals surface area (Å²) in [7, 11) is -4.14. The summed E-state index contributed by atoms with van der Waals surface area (Å²) in [5, 5.41) is 3.39. The molecule has 2 atom stereocenters. The van der Waals surface area contributed by atoms with Crippen molar-refractivity contribution >= 4 is 39.1 Å². The van der Waals surface area contributed by atoms with Gasteiger partial charge in [0.2, 0.25) is 11.8 Å². The highest BCUT2D eigenvalue weighted by molar-refractivity contribution is 7.92. The van der Waals surface area contributed by atoms with Crippen molar-refractivity contribution in [2.45, 2.75) is 71.0 Å². The summed E-state index contributed by atoms with van der Waals surface area (Å²) in [4.78, 5) is 28.9. The second-order valence-electron chi connectivity index (χ2n) is 10.1. The van der Waals surface area contributed by atoms with Crippen LogP contribution in [0.1, 0.15) is 50.3 Å². The van der Waals surface area contributed by atoms with Gasteiger partial charge in [-0.1, -0.05) is 73.0 Å². The van der Waals surface area contributed by atoms with Crippen molar-refractivity contribution in [1.82, 2.24) is 10.2 Å². The number of hydrogen-bond acceptors (Lipinski definition) is 4. The molecule has 3 aromatic carbocycles. The van der Waals surface area contributed by atoms with Gasteiger partial charge in [-0.3, -0.25) is 13.9 Å². The molecule has 0 aromatic heterocycles. The summed E-state index contributed by atoms with van der Waals surface area (Å²) < 4.78 is 28.9. The maximum absolute atomic E-state index is 14.1. The van der Waals surface area contributed by atoms with Crippen LogP contribution in [0.4, 0.5) is 5.69 Å². The lowest BCUT2D eigenvalue weighted by Crippen LogP contribution is -2.53. The molecule has 7 nitrogen and oxygen atoms in total. The lowest BCUT2D eigenvalue weighted by molar-refractivity contribution is -0.140. The van der Waals surface area contributed by atoms with Gasteiger partial charge in [0, 0.05) is 17.6 Å². The number of sulfonamides is 1. The van der Waals surface area contributed by atoms with E-state index < -0.39 is 28.5 Å². The van der Waals surface area contributed by atoms with E-state index in [-0.39, 0.29) is 23.4 Å². The number of halogens is 1. The van der Waals surface area contributed by atoms with Crippen LogP contribution < -0.4 is 9.62 Å². The van der Waals surface area contributed by atoms with Crippen LogP contribution in [0, 0.1) is 13.8 Å². The fraction of sp³-hybridized carbons (Fsp3) is 0.355. The minimum atomic E-state index is -4.14. The van der Waals surface area contributed by atoms with Crippen LogP contribution >= 0.6 is 11.6 Å². The molecule has 0 aliphatic heterocycles. The molecule has 0 aliphatic carbocycles. The van der Waals surface area contributed by atoms with E-state index in [1.807, 2.05) is 58.9 Å². The van der Waals surface area contributed by atoms with Crippen LogP contribution in [0.2, 0.25) is 5.02 Å². The van der Waals surface area contributed by atoms with Crippen LogP contribution in [0.3, 0.4) is 0 Å². The van der Waals surface area contributed by atoms with E-state index in [2.05, 4.69) is 5.32 Å². The van der Waals surface area contributed by atoms with Gasteiger partial charge in [-0.15, -0.1) is 0 Å². The zero-order valence-corrected chi connectivity index (χ0v) is 25.3. The summed E-state index contributed by atoms with van der Waals surface area (Å²) >= 11 is 6.01. The molecule has 0 spiro atoms. The van der Waals surface area contributed by atoms with Gasteiger partial charge in [0.1, 0.15) is 12.6 Å². The molecule has 1 N–H and O–H groups in total. The zero-order valence-electron chi connectivity index (χ0n) is 23.7. The first-order valence-electron chi connectivity index (χ1n) is 13.5. The third-order valence-electron chi connectivity index (χ3n) is 6.82. The van der Waals surface area contributed by atoms with E-state index >= 15 is 0 Å². The first kappa shape index (κ1) is 31.2. The summed E-state index contributed by atoms with van der Waals surface area (Å²) in [6, 6.07) is 19.7. The maximum atomic E-state index is 14.1. The van der Waals surface area contributed by atoms with Gasteiger partial charge in [0.15, 0.2) is 0 Å². The highest BCUT2D eigenvalue weighted by Gasteiger charge is 2.34. The Hall–Kier alpha value is -3.36. The molecular weight excluding hydrogens is 546 g/mol. The maximum Gasteiger partial charge on any atom is 0.264 e. The molecule has 0 aliphatic rings. The first-order chi connectivity index (χ1) is 19.0. The van der Waals surface area contributed by atoms with E-state index in [0.717, 1.165) is 27.4 Å². The Morgan fingerprint density at radius 1 is 0.900 bits per heavy atom. The van der Waals surface area contributed by atoms with Gasteiger partial charge in [-0.2, -0.15) is 0 Å². The monoisotopic (exact) mass is 583 g/mol. The predicted octanol–water partition coefficient (Wildman–Crippen LogP) is 5.87. The molecule has 0 heterocycles. The van der Waals surface area contributed by atoms with E-state index in [9.17, 15) is 18.0 Å². The van der Waals surface area contributed by atoms with Crippen molar-refractivity contribution in [2.75, 3.05) is 10.8 Å². The Kier molecular flexibility index (Phi) is 10.8. The average Bonchev–Trinajstić information content (AvgIpc) is 2.92. The number of nitrogens with zero attached hydrogens (tertiary/aromatic N) is 2. The van der Waals surface area contributed by atoms with Gasteiger partial charge in [0.05, 0.1) is 10.6 Å². The van der Waals surface area contributed by atoms with Gasteiger partial charge >= 0.3 is 0 Å². The van der Waals surface area contributed by atoms with Gasteiger partial charge in [-0.25, -0.2) is 8.42 Å². The molecule has 3 aromatic rings. The second-order valence-corrected chi connectivity index (χ2v) is 12.4. The highest BCUT2D eigenvalue weighted by Crippen LogP contribution is 2.26. The topological polar surface area (TPSA) is 86.8 Å². The second kappa shape index (κ2) is 13.8. The molecule has 0 fully saturated rings. The minimum absolute atomic E-state index is 0.0112. The number of aryl methyl sites for hydroxylation is 2. The number of carbonyl (C=O) groups is 2. The lowest BCUT2D eigenvalue weighted by atomic mass is 10.1. The molecule has 0 saturated heterocycles. The highest BCUT2D eigenvalue weighted by atomic mass is 35.5. The Morgan fingerprint density at radius 2 is 1.55 bits per heavy atom. The molecular formula is C31H38ClN3O4S. The number of amides is 2. The van der Waals surface area contributed by atoms with Crippen molar-refractivity contribution in [1.29, 1.82) is 0 Å². The lowest BCUT2D eigenvalue weighted by Gasteiger charge is -2.33. The van der Waals surface area contributed by atoms with Crippen LogP contribution in [0.25, 0.3) is 0 Å².